The van der Waals surface area contributed by atoms with Gasteiger partial charge in [-0.05, 0) is 24.4 Å². The molecule has 0 aromatic heterocycles. The molecule has 0 bridgehead atoms. The molecule has 1 saturated heterocycles. The highest BCUT2D eigenvalue weighted by Crippen LogP contribution is 2.21. The maximum absolute atomic E-state index is 11.9. The number of ether oxygens (including phenoxy) is 1. The molecule has 0 spiro atoms. The van der Waals surface area contributed by atoms with E-state index in [9.17, 15) is 4.79 Å². The first-order chi connectivity index (χ1) is 7.86. The molecule has 1 aliphatic heterocycles. The first kappa shape index (κ1) is 14.5. The fourth-order valence-electron chi connectivity index (χ4n) is 1.98. The van der Waals surface area contributed by atoms with Crippen LogP contribution in [0.3, 0.4) is 0 Å². The van der Waals surface area contributed by atoms with Crippen molar-refractivity contribution in [1.29, 1.82) is 0 Å². The van der Waals surface area contributed by atoms with Gasteiger partial charge >= 0.3 is 0 Å². The van der Waals surface area contributed by atoms with E-state index in [-0.39, 0.29) is 23.3 Å². The minimum absolute atomic E-state index is 0.0449. The van der Waals surface area contributed by atoms with E-state index >= 15 is 0 Å². The first-order valence-corrected chi connectivity index (χ1v) is 6.37. The van der Waals surface area contributed by atoms with Crippen LogP contribution < -0.4 is 10.6 Å². The van der Waals surface area contributed by atoms with Gasteiger partial charge in [-0.2, -0.15) is 0 Å². The van der Waals surface area contributed by atoms with Gasteiger partial charge in [0, 0.05) is 19.6 Å². The number of nitrogens with one attached hydrogen (secondary N) is 2. The Balaban J connectivity index is 2.35. The van der Waals surface area contributed by atoms with Crippen LogP contribution in [0.2, 0.25) is 0 Å². The number of methoxy groups -OCH3 is 1. The molecule has 1 rings (SSSR count). The molecule has 17 heavy (non-hydrogen) atoms. The Bertz CT molecular complexity index is 257. The van der Waals surface area contributed by atoms with E-state index in [1.54, 1.807) is 7.11 Å². The summed E-state index contributed by atoms with van der Waals surface area (Å²) in [4.78, 5) is 11.9. The fraction of sp³-hybridized carbons (Fsp3) is 0.923. The van der Waals surface area contributed by atoms with E-state index in [4.69, 9.17) is 4.74 Å². The molecule has 1 aliphatic rings. The zero-order valence-electron chi connectivity index (χ0n) is 11.7. The van der Waals surface area contributed by atoms with Crippen molar-refractivity contribution in [2.75, 3.05) is 26.7 Å². The lowest BCUT2D eigenvalue weighted by Crippen LogP contribution is -2.51. The summed E-state index contributed by atoms with van der Waals surface area (Å²) in [6.07, 6.45) is 0.0539. The summed E-state index contributed by atoms with van der Waals surface area (Å²) in [6.45, 7) is 10.9. The molecule has 2 N–H and O–H groups in total. The minimum Gasteiger partial charge on any atom is -0.379 e. The molecule has 0 aromatic rings. The van der Waals surface area contributed by atoms with Gasteiger partial charge in [0.15, 0.2) is 0 Å². The number of carbonyl (C=O) groups is 1. The first-order valence-electron chi connectivity index (χ1n) is 6.37. The summed E-state index contributed by atoms with van der Waals surface area (Å²) in [7, 11) is 1.70. The second-order valence-corrected chi connectivity index (χ2v) is 6.04. The average molecular weight is 242 g/mol. The van der Waals surface area contributed by atoms with Gasteiger partial charge in [-0.15, -0.1) is 0 Å². The summed E-state index contributed by atoms with van der Waals surface area (Å²) in [6, 6.07) is 0. The lowest BCUT2D eigenvalue weighted by atomic mass is 9.87. The van der Waals surface area contributed by atoms with Crippen LogP contribution in [-0.2, 0) is 9.53 Å². The van der Waals surface area contributed by atoms with Crippen molar-refractivity contribution in [2.45, 2.75) is 33.8 Å². The highest BCUT2D eigenvalue weighted by molar-refractivity contribution is 5.78. The smallest absolute Gasteiger partial charge is 0.223 e. The molecular weight excluding hydrogens is 216 g/mol. The topological polar surface area (TPSA) is 50.4 Å². The molecule has 100 valence electrons. The predicted octanol–water partition coefficient (Wildman–Crippen LogP) is 1.02. The van der Waals surface area contributed by atoms with Crippen molar-refractivity contribution < 1.29 is 9.53 Å². The standard InChI is InChI=1S/C13H26N2O2/c1-9(10-6-14-7-10)12(16)15-8-11(17-5)13(2,3)4/h9-11,14H,6-8H2,1-5H3,(H,15,16). The second-order valence-electron chi connectivity index (χ2n) is 6.04. The molecule has 1 amide bonds. The highest BCUT2D eigenvalue weighted by atomic mass is 16.5. The molecule has 2 unspecified atom stereocenters. The van der Waals surface area contributed by atoms with E-state index in [2.05, 4.69) is 31.4 Å². The van der Waals surface area contributed by atoms with Gasteiger partial charge in [0.1, 0.15) is 0 Å². The lowest BCUT2D eigenvalue weighted by molar-refractivity contribution is -0.127. The Morgan fingerprint density at radius 1 is 1.47 bits per heavy atom. The largest absolute Gasteiger partial charge is 0.379 e. The van der Waals surface area contributed by atoms with E-state index in [0.29, 0.717) is 12.5 Å². The van der Waals surface area contributed by atoms with Crippen LogP contribution in [0.4, 0.5) is 0 Å². The Labute approximate surface area is 104 Å². The Morgan fingerprint density at radius 2 is 2.06 bits per heavy atom. The van der Waals surface area contributed by atoms with Gasteiger partial charge in [-0.3, -0.25) is 4.79 Å². The lowest BCUT2D eigenvalue weighted by Gasteiger charge is -2.33. The number of hydrogen-bond acceptors (Lipinski definition) is 3. The average Bonchev–Trinajstić information content (AvgIpc) is 2.13. The summed E-state index contributed by atoms with van der Waals surface area (Å²) >= 11 is 0. The van der Waals surface area contributed by atoms with Gasteiger partial charge in [-0.25, -0.2) is 0 Å². The third kappa shape index (κ3) is 3.96. The van der Waals surface area contributed by atoms with Crippen LogP contribution in [0, 0.1) is 17.3 Å². The monoisotopic (exact) mass is 242 g/mol. The molecule has 0 aliphatic carbocycles. The third-order valence-corrected chi connectivity index (χ3v) is 3.65. The number of carbonyl (C=O) groups excluding carboxylic acids is 1. The predicted molar refractivity (Wildman–Crippen MR) is 68.8 cm³/mol. The van der Waals surface area contributed by atoms with Crippen LogP contribution in [0.25, 0.3) is 0 Å². The molecule has 0 radical (unpaired) electrons. The van der Waals surface area contributed by atoms with E-state index in [0.717, 1.165) is 13.1 Å². The maximum atomic E-state index is 11.9. The summed E-state index contributed by atoms with van der Waals surface area (Å²) in [5.41, 5.74) is 0.0449. The third-order valence-electron chi connectivity index (χ3n) is 3.65. The highest BCUT2D eigenvalue weighted by Gasteiger charge is 2.30. The van der Waals surface area contributed by atoms with E-state index in [1.165, 1.54) is 0 Å². The molecule has 4 heteroatoms. The SMILES string of the molecule is COC(CNC(=O)C(C)C1CNC1)C(C)(C)C. The van der Waals surface area contributed by atoms with Crippen LogP contribution in [-0.4, -0.2) is 38.8 Å². The molecule has 0 saturated carbocycles. The number of amides is 1. The number of hydrogen-bond donors (Lipinski definition) is 2. The maximum Gasteiger partial charge on any atom is 0.223 e. The van der Waals surface area contributed by atoms with E-state index in [1.807, 2.05) is 6.92 Å². The van der Waals surface area contributed by atoms with Crippen molar-refractivity contribution in [3.8, 4) is 0 Å². The Hall–Kier alpha value is -0.610. The van der Waals surface area contributed by atoms with Crippen molar-refractivity contribution in [3.05, 3.63) is 0 Å². The Morgan fingerprint density at radius 3 is 2.41 bits per heavy atom. The summed E-state index contributed by atoms with van der Waals surface area (Å²) in [5.74, 6) is 0.724. The summed E-state index contributed by atoms with van der Waals surface area (Å²) in [5, 5.41) is 6.19. The minimum atomic E-state index is 0.0449. The van der Waals surface area contributed by atoms with Gasteiger partial charge < -0.3 is 15.4 Å². The molecule has 2 atom stereocenters. The van der Waals surface area contributed by atoms with Crippen molar-refractivity contribution in [3.63, 3.8) is 0 Å². The Kier molecular flexibility index (Phi) is 4.95. The van der Waals surface area contributed by atoms with Crippen molar-refractivity contribution >= 4 is 5.91 Å². The van der Waals surface area contributed by atoms with Crippen molar-refractivity contribution in [2.24, 2.45) is 17.3 Å². The molecule has 1 heterocycles. The molecule has 4 nitrogen and oxygen atoms in total. The van der Waals surface area contributed by atoms with E-state index < -0.39 is 0 Å². The van der Waals surface area contributed by atoms with Gasteiger partial charge in [0.2, 0.25) is 5.91 Å². The summed E-state index contributed by atoms with van der Waals surface area (Å²) < 4.78 is 5.42. The molecule has 1 fully saturated rings. The van der Waals surface area contributed by atoms with Crippen LogP contribution >= 0.6 is 0 Å². The van der Waals surface area contributed by atoms with Gasteiger partial charge in [0.25, 0.3) is 0 Å². The van der Waals surface area contributed by atoms with Crippen LogP contribution in [0.15, 0.2) is 0 Å². The second kappa shape index (κ2) is 5.83. The molecular formula is C13H26N2O2. The number of rotatable bonds is 5. The zero-order valence-corrected chi connectivity index (χ0v) is 11.7. The normalized spacial score (nSPS) is 20.5. The van der Waals surface area contributed by atoms with Gasteiger partial charge in [0.05, 0.1) is 6.10 Å². The van der Waals surface area contributed by atoms with Crippen LogP contribution in [0.1, 0.15) is 27.7 Å². The zero-order chi connectivity index (χ0) is 13.1. The van der Waals surface area contributed by atoms with Crippen molar-refractivity contribution in [1.82, 2.24) is 10.6 Å². The van der Waals surface area contributed by atoms with Gasteiger partial charge in [-0.1, -0.05) is 27.7 Å². The van der Waals surface area contributed by atoms with Crippen LogP contribution in [0.5, 0.6) is 0 Å². The molecule has 0 aromatic carbocycles. The fourth-order valence-corrected chi connectivity index (χ4v) is 1.98. The quantitative estimate of drug-likeness (QED) is 0.757.